The second-order valence-corrected chi connectivity index (χ2v) is 5.96. The number of nitrogens with one attached hydrogen (secondary N) is 1. The van der Waals surface area contributed by atoms with E-state index in [4.69, 9.17) is 0 Å². The van der Waals surface area contributed by atoms with Gasteiger partial charge in [-0.1, -0.05) is 32.8 Å². The van der Waals surface area contributed by atoms with Crippen LogP contribution in [0.1, 0.15) is 58.1 Å². The van der Waals surface area contributed by atoms with Gasteiger partial charge in [-0.2, -0.15) is 0 Å². The van der Waals surface area contributed by atoms with Crippen LogP contribution in [0, 0.1) is 5.41 Å². The third kappa shape index (κ3) is 3.06. The number of hydrogen-bond donors (Lipinski definition) is 1. The van der Waals surface area contributed by atoms with Crippen LogP contribution in [0.2, 0.25) is 0 Å². The highest BCUT2D eigenvalue weighted by molar-refractivity contribution is 5.13. The second-order valence-electron chi connectivity index (χ2n) is 5.96. The maximum absolute atomic E-state index is 4.20. The first-order chi connectivity index (χ1) is 8.09. The van der Waals surface area contributed by atoms with Crippen molar-refractivity contribution >= 4 is 0 Å². The minimum atomic E-state index is 0.395. The molecule has 0 saturated heterocycles. The van der Waals surface area contributed by atoms with Crippen molar-refractivity contribution in [1.82, 2.24) is 10.3 Å². The SMILES string of the molecule is C[C@@H](NC1CCCCC1(C)C)c1cccnc1. The van der Waals surface area contributed by atoms with Crippen LogP contribution in [-0.2, 0) is 0 Å². The normalized spacial score (nSPS) is 25.5. The molecular weight excluding hydrogens is 208 g/mol. The van der Waals surface area contributed by atoms with Crippen molar-refractivity contribution in [3.8, 4) is 0 Å². The van der Waals surface area contributed by atoms with Crippen LogP contribution in [0.15, 0.2) is 24.5 Å². The Bertz CT molecular complexity index is 345. The molecule has 0 radical (unpaired) electrons. The molecule has 0 aromatic carbocycles. The van der Waals surface area contributed by atoms with Crippen LogP contribution in [0.25, 0.3) is 0 Å². The largest absolute Gasteiger partial charge is 0.307 e. The van der Waals surface area contributed by atoms with E-state index in [1.54, 1.807) is 0 Å². The highest BCUT2D eigenvalue weighted by atomic mass is 15.0. The first kappa shape index (κ1) is 12.6. The number of rotatable bonds is 3. The van der Waals surface area contributed by atoms with Gasteiger partial charge in [0.15, 0.2) is 0 Å². The average molecular weight is 232 g/mol. The Kier molecular flexibility index (Phi) is 3.82. The highest BCUT2D eigenvalue weighted by Gasteiger charge is 2.32. The summed E-state index contributed by atoms with van der Waals surface area (Å²) < 4.78 is 0. The molecule has 1 aromatic heterocycles. The molecule has 94 valence electrons. The topological polar surface area (TPSA) is 24.9 Å². The minimum absolute atomic E-state index is 0.395. The van der Waals surface area contributed by atoms with E-state index >= 15 is 0 Å². The lowest BCUT2D eigenvalue weighted by molar-refractivity contribution is 0.157. The van der Waals surface area contributed by atoms with E-state index in [0.717, 1.165) is 0 Å². The predicted molar refractivity (Wildman–Crippen MR) is 71.8 cm³/mol. The fourth-order valence-electron chi connectivity index (χ4n) is 2.83. The van der Waals surface area contributed by atoms with E-state index in [2.05, 4.69) is 37.1 Å². The van der Waals surface area contributed by atoms with E-state index in [0.29, 0.717) is 17.5 Å². The third-order valence-corrected chi connectivity index (χ3v) is 4.14. The Hall–Kier alpha value is -0.890. The summed E-state index contributed by atoms with van der Waals surface area (Å²) in [6.07, 6.45) is 9.18. The van der Waals surface area contributed by atoms with Gasteiger partial charge in [-0.05, 0) is 36.8 Å². The van der Waals surface area contributed by atoms with Crippen molar-refractivity contribution in [2.45, 2.75) is 58.5 Å². The van der Waals surface area contributed by atoms with E-state index in [1.165, 1.54) is 31.2 Å². The van der Waals surface area contributed by atoms with Crippen molar-refractivity contribution in [2.24, 2.45) is 5.41 Å². The van der Waals surface area contributed by atoms with Gasteiger partial charge in [0, 0.05) is 24.5 Å². The van der Waals surface area contributed by atoms with Crippen LogP contribution in [0.4, 0.5) is 0 Å². The Morgan fingerprint density at radius 3 is 2.88 bits per heavy atom. The fraction of sp³-hybridized carbons (Fsp3) is 0.667. The van der Waals surface area contributed by atoms with Gasteiger partial charge in [-0.25, -0.2) is 0 Å². The maximum atomic E-state index is 4.20. The molecule has 1 aliphatic carbocycles. The molecule has 1 unspecified atom stereocenters. The molecule has 2 nitrogen and oxygen atoms in total. The molecular formula is C15H24N2. The Morgan fingerprint density at radius 2 is 2.24 bits per heavy atom. The summed E-state index contributed by atoms with van der Waals surface area (Å²) in [5, 5.41) is 3.79. The standard InChI is InChI=1S/C15H24N2/c1-12(13-7-6-10-16-11-13)17-14-8-4-5-9-15(14,2)3/h6-7,10-12,14,17H,4-5,8-9H2,1-3H3/t12-,14?/m1/s1. The molecule has 17 heavy (non-hydrogen) atoms. The van der Waals surface area contributed by atoms with Crippen molar-refractivity contribution in [1.29, 1.82) is 0 Å². The smallest absolute Gasteiger partial charge is 0.0315 e. The van der Waals surface area contributed by atoms with Crippen molar-refractivity contribution in [3.63, 3.8) is 0 Å². The summed E-state index contributed by atoms with van der Waals surface area (Å²) in [6, 6.07) is 5.19. The first-order valence-electron chi connectivity index (χ1n) is 6.75. The molecule has 1 N–H and O–H groups in total. The number of hydrogen-bond acceptors (Lipinski definition) is 2. The van der Waals surface area contributed by atoms with Crippen LogP contribution in [0.5, 0.6) is 0 Å². The van der Waals surface area contributed by atoms with Gasteiger partial charge in [0.25, 0.3) is 0 Å². The van der Waals surface area contributed by atoms with Crippen molar-refractivity contribution < 1.29 is 0 Å². The lowest BCUT2D eigenvalue weighted by atomic mass is 9.73. The highest BCUT2D eigenvalue weighted by Crippen LogP contribution is 2.36. The molecule has 1 aromatic rings. The molecule has 1 aliphatic rings. The molecule has 1 saturated carbocycles. The summed E-state index contributed by atoms with van der Waals surface area (Å²) in [5.41, 5.74) is 1.71. The maximum Gasteiger partial charge on any atom is 0.0315 e. The monoisotopic (exact) mass is 232 g/mol. The molecule has 0 bridgehead atoms. The first-order valence-corrected chi connectivity index (χ1v) is 6.75. The summed E-state index contributed by atoms with van der Waals surface area (Å²) in [4.78, 5) is 4.20. The predicted octanol–water partition coefficient (Wildman–Crippen LogP) is 3.70. The fourth-order valence-corrected chi connectivity index (χ4v) is 2.83. The zero-order valence-corrected chi connectivity index (χ0v) is 11.2. The average Bonchev–Trinajstić information content (AvgIpc) is 2.33. The zero-order valence-electron chi connectivity index (χ0n) is 11.2. The van der Waals surface area contributed by atoms with Gasteiger partial charge < -0.3 is 5.32 Å². The molecule has 0 aliphatic heterocycles. The summed E-state index contributed by atoms with van der Waals surface area (Å²) in [5.74, 6) is 0. The van der Waals surface area contributed by atoms with E-state index in [1.807, 2.05) is 18.5 Å². The van der Waals surface area contributed by atoms with Crippen LogP contribution in [-0.4, -0.2) is 11.0 Å². The van der Waals surface area contributed by atoms with Crippen molar-refractivity contribution in [3.05, 3.63) is 30.1 Å². The third-order valence-electron chi connectivity index (χ3n) is 4.14. The molecule has 2 atom stereocenters. The molecule has 1 heterocycles. The van der Waals surface area contributed by atoms with Gasteiger partial charge in [-0.3, -0.25) is 4.98 Å². The van der Waals surface area contributed by atoms with Crippen LogP contribution >= 0.6 is 0 Å². The summed E-state index contributed by atoms with van der Waals surface area (Å²) in [6.45, 7) is 7.02. The Balaban J connectivity index is 2.00. The van der Waals surface area contributed by atoms with Gasteiger partial charge >= 0.3 is 0 Å². The Labute approximate surface area is 105 Å². The minimum Gasteiger partial charge on any atom is -0.307 e. The molecule has 2 heteroatoms. The van der Waals surface area contributed by atoms with E-state index in [9.17, 15) is 0 Å². The lowest BCUT2D eigenvalue weighted by Crippen LogP contribution is -2.45. The van der Waals surface area contributed by atoms with Gasteiger partial charge in [0.2, 0.25) is 0 Å². The lowest BCUT2D eigenvalue weighted by Gasteiger charge is -2.40. The molecule has 0 spiro atoms. The number of aromatic nitrogens is 1. The second kappa shape index (κ2) is 5.18. The number of nitrogens with zero attached hydrogens (tertiary/aromatic N) is 1. The van der Waals surface area contributed by atoms with Crippen LogP contribution in [0.3, 0.4) is 0 Å². The van der Waals surface area contributed by atoms with E-state index < -0.39 is 0 Å². The van der Waals surface area contributed by atoms with Gasteiger partial charge in [0.05, 0.1) is 0 Å². The molecule has 0 amide bonds. The summed E-state index contributed by atoms with van der Waals surface area (Å²) in [7, 11) is 0. The Morgan fingerprint density at radius 1 is 1.41 bits per heavy atom. The molecule has 2 rings (SSSR count). The van der Waals surface area contributed by atoms with Crippen molar-refractivity contribution in [2.75, 3.05) is 0 Å². The zero-order chi connectivity index (χ0) is 12.3. The van der Waals surface area contributed by atoms with Crippen LogP contribution < -0.4 is 5.32 Å². The quantitative estimate of drug-likeness (QED) is 0.859. The summed E-state index contributed by atoms with van der Waals surface area (Å²) >= 11 is 0. The van der Waals surface area contributed by atoms with Gasteiger partial charge in [-0.15, -0.1) is 0 Å². The van der Waals surface area contributed by atoms with Gasteiger partial charge in [0.1, 0.15) is 0 Å². The number of pyridine rings is 1. The van der Waals surface area contributed by atoms with E-state index in [-0.39, 0.29) is 0 Å². The molecule has 1 fully saturated rings.